The number of H-pyrrole nitrogens is 1. The van der Waals surface area contributed by atoms with Crippen molar-refractivity contribution in [1.82, 2.24) is 14.8 Å². The summed E-state index contributed by atoms with van der Waals surface area (Å²) in [5.74, 6) is -0.761. The van der Waals surface area contributed by atoms with Gasteiger partial charge in [-0.1, -0.05) is 23.7 Å². The van der Waals surface area contributed by atoms with Crippen molar-refractivity contribution in [2.45, 2.75) is 6.92 Å². The quantitative estimate of drug-likeness (QED) is 0.452. The maximum Gasteiger partial charge on any atom is 0.266 e. The number of amides is 1. The molecule has 1 amide bonds. The minimum Gasteiger partial charge on any atom is -0.506 e. The van der Waals surface area contributed by atoms with E-state index in [1.54, 1.807) is 48.5 Å². The van der Waals surface area contributed by atoms with Crippen molar-refractivity contribution in [2.75, 3.05) is 11.9 Å². The van der Waals surface area contributed by atoms with Crippen molar-refractivity contribution in [3.8, 4) is 17.2 Å². The fourth-order valence-corrected chi connectivity index (χ4v) is 3.21. The van der Waals surface area contributed by atoms with Crippen molar-refractivity contribution in [3.63, 3.8) is 0 Å². The summed E-state index contributed by atoms with van der Waals surface area (Å²) in [4.78, 5) is 28.1. The van der Waals surface area contributed by atoms with E-state index in [9.17, 15) is 14.7 Å². The first kappa shape index (κ1) is 19.5. The zero-order chi connectivity index (χ0) is 21.3. The van der Waals surface area contributed by atoms with Gasteiger partial charge in [0.05, 0.1) is 29.6 Å². The number of hydrogen-bond acceptors (Lipinski definition) is 5. The Kier molecular flexibility index (Phi) is 5.16. The van der Waals surface area contributed by atoms with Crippen LogP contribution in [0.3, 0.4) is 0 Å². The number of nitrogens with zero attached hydrogens (tertiary/aromatic N) is 2. The molecule has 0 aliphatic rings. The second kappa shape index (κ2) is 7.92. The number of halogens is 1. The molecule has 8 nitrogen and oxygen atoms in total. The summed E-state index contributed by atoms with van der Waals surface area (Å²) in [6.07, 6.45) is 1.38. The Balaban J connectivity index is 1.75. The van der Waals surface area contributed by atoms with Gasteiger partial charge in [-0.25, -0.2) is 4.68 Å². The van der Waals surface area contributed by atoms with Crippen LogP contribution in [-0.4, -0.2) is 32.4 Å². The first-order valence-electron chi connectivity index (χ1n) is 9.11. The van der Waals surface area contributed by atoms with E-state index in [4.69, 9.17) is 16.3 Å². The summed E-state index contributed by atoms with van der Waals surface area (Å²) in [6.45, 7) is 2.23. The number of aromatic hydroxyl groups is 1. The van der Waals surface area contributed by atoms with Gasteiger partial charge in [0.2, 0.25) is 0 Å². The first-order valence-corrected chi connectivity index (χ1v) is 9.49. The largest absolute Gasteiger partial charge is 0.506 e. The van der Waals surface area contributed by atoms with Crippen LogP contribution in [0, 0.1) is 0 Å². The molecule has 9 heteroatoms. The van der Waals surface area contributed by atoms with Crippen LogP contribution < -0.4 is 15.6 Å². The highest BCUT2D eigenvalue weighted by atomic mass is 35.5. The monoisotopic (exact) mass is 424 g/mol. The van der Waals surface area contributed by atoms with E-state index in [0.717, 1.165) is 0 Å². The highest BCUT2D eigenvalue weighted by Crippen LogP contribution is 2.29. The number of pyridine rings is 1. The molecule has 4 rings (SSSR count). The molecule has 3 N–H and O–H groups in total. The van der Waals surface area contributed by atoms with Gasteiger partial charge in [0.15, 0.2) is 0 Å². The van der Waals surface area contributed by atoms with Gasteiger partial charge in [-0.15, -0.1) is 0 Å². The van der Waals surface area contributed by atoms with E-state index >= 15 is 0 Å². The normalized spacial score (nSPS) is 10.9. The van der Waals surface area contributed by atoms with Gasteiger partial charge in [0.1, 0.15) is 22.7 Å². The Bertz CT molecular complexity index is 1290. The van der Waals surface area contributed by atoms with Crippen LogP contribution in [0.15, 0.2) is 59.5 Å². The number of nitrogens with one attached hydrogen (secondary N) is 2. The number of fused-ring (bicyclic) bond motifs is 1. The lowest BCUT2D eigenvalue weighted by atomic mass is 10.2. The van der Waals surface area contributed by atoms with Crippen LogP contribution in [-0.2, 0) is 0 Å². The molecule has 0 radical (unpaired) electrons. The van der Waals surface area contributed by atoms with E-state index in [2.05, 4.69) is 15.4 Å². The number of rotatable bonds is 5. The molecule has 0 fully saturated rings. The minimum atomic E-state index is -0.762. The second-order valence-electron chi connectivity index (χ2n) is 6.36. The fourth-order valence-electron chi connectivity index (χ4n) is 3.08. The van der Waals surface area contributed by atoms with Crippen LogP contribution in [0.25, 0.3) is 16.7 Å². The van der Waals surface area contributed by atoms with Crippen molar-refractivity contribution in [3.05, 3.63) is 75.7 Å². The molecule has 0 unspecified atom stereocenters. The van der Waals surface area contributed by atoms with Crippen LogP contribution in [0.5, 0.6) is 11.5 Å². The predicted molar refractivity (Wildman–Crippen MR) is 114 cm³/mol. The number of carbonyl (C=O) groups is 1. The van der Waals surface area contributed by atoms with Crippen LogP contribution >= 0.6 is 11.6 Å². The van der Waals surface area contributed by atoms with E-state index in [1.807, 2.05) is 6.92 Å². The van der Waals surface area contributed by atoms with Gasteiger partial charge in [0.25, 0.3) is 11.5 Å². The molecular formula is C21H17ClN4O4. The lowest BCUT2D eigenvalue weighted by Gasteiger charge is -2.12. The zero-order valence-corrected chi connectivity index (χ0v) is 16.6. The van der Waals surface area contributed by atoms with E-state index < -0.39 is 22.8 Å². The fraction of sp³-hybridized carbons (Fsp3) is 0.0952. The van der Waals surface area contributed by atoms with E-state index in [0.29, 0.717) is 28.8 Å². The van der Waals surface area contributed by atoms with Crippen LogP contribution in [0.4, 0.5) is 5.69 Å². The minimum absolute atomic E-state index is 0.229. The molecule has 2 aromatic heterocycles. The summed E-state index contributed by atoms with van der Waals surface area (Å²) in [5, 5.41) is 18.3. The molecule has 0 spiro atoms. The molecule has 0 aliphatic heterocycles. The molecule has 30 heavy (non-hydrogen) atoms. The molecule has 0 saturated carbocycles. The number of carbonyl (C=O) groups excluding carboxylic acids is 1. The van der Waals surface area contributed by atoms with E-state index in [1.165, 1.54) is 10.9 Å². The van der Waals surface area contributed by atoms with Crippen LogP contribution in [0.1, 0.15) is 17.3 Å². The number of benzene rings is 2. The molecule has 152 valence electrons. The van der Waals surface area contributed by atoms with E-state index in [-0.39, 0.29) is 11.0 Å². The second-order valence-corrected chi connectivity index (χ2v) is 6.79. The summed E-state index contributed by atoms with van der Waals surface area (Å²) >= 11 is 5.91. The Hall–Kier alpha value is -3.78. The van der Waals surface area contributed by atoms with Crippen molar-refractivity contribution < 1.29 is 14.6 Å². The molecular weight excluding hydrogens is 408 g/mol. The molecule has 4 aromatic rings. The number of para-hydroxylation sites is 2. The highest BCUT2D eigenvalue weighted by molar-refractivity contribution is 6.30. The Morgan fingerprint density at radius 3 is 2.70 bits per heavy atom. The Morgan fingerprint density at radius 2 is 1.97 bits per heavy atom. The predicted octanol–water partition coefficient (Wildman–Crippen LogP) is 3.72. The number of hydrogen-bond donors (Lipinski definition) is 3. The lowest BCUT2D eigenvalue weighted by Crippen LogP contribution is -2.24. The van der Waals surface area contributed by atoms with Crippen molar-refractivity contribution in [1.29, 1.82) is 0 Å². The molecule has 0 aliphatic carbocycles. The standard InChI is InChI=1S/C21H17ClN4O4/c1-2-30-16-6-4-3-5-15(16)24-20(28)17-18(27)14-11-23-26(19(14)25-21(17)29)13-9-7-12(22)8-10-13/h3-11H,2H2,1H3,(H,24,28)(H2,25,27,29). The summed E-state index contributed by atoms with van der Waals surface area (Å²) < 4.78 is 6.92. The van der Waals surface area contributed by atoms with Crippen LogP contribution in [0.2, 0.25) is 5.02 Å². The van der Waals surface area contributed by atoms with Gasteiger partial charge in [0, 0.05) is 5.02 Å². The molecule has 2 heterocycles. The Labute approximate surface area is 175 Å². The van der Waals surface area contributed by atoms with Gasteiger partial charge < -0.3 is 20.1 Å². The Morgan fingerprint density at radius 1 is 1.23 bits per heavy atom. The smallest absolute Gasteiger partial charge is 0.266 e. The molecule has 2 aromatic carbocycles. The number of anilines is 1. The third kappa shape index (κ3) is 3.48. The first-order chi connectivity index (χ1) is 14.5. The molecule has 0 bridgehead atoms. The topological polar surface area (TPSA) is 109 Å². The number of aromatic amines is 1. The van der Waals surface area contributed by atoms with Gasteiger partial charge in [-0.3, -0.25) is 9.59 Å². The third-order valence-electron chi connectivity index (χ3n) is 4.45. The SMILES string of the molecule is CCOc1ccccc1NC(=O)c1c(O)c2cnn(-c3ccc(Cl)cc3)c2[nH]c1=O. The maximum absolute atomic E-state index is 12.8. The van der Waals surface area contributed by atoms with Crippen molar-refractivity contribution in [2.24, 2.45) is 0 Å². The average Bonchev–Trinajstić information content (AvgIpc) is 3.14. The summed E-state index contributed by atoms with van der Waals surface area (Å²) in [5.41, 5.74) is 0.116. The van der Waals surface area contributed by atoms with Gasteiger partial charge >= 0.3 is 0 Å². The van der Waals surface area contributed by atoms with Crippen molar-refractivity contribution >= 4 is 34.2 Å². The average molecular weight is 425 g/mol. The maximum atomic E-state index is 12.8. The molecule has 0 atom stereocenters. The number of ether oxygens (including phenoxy) is 1. The molecule has 0 saturated heterocycles. The van der Waals surface area contributed by atoms with Gasteiger partial charge in [-0.2, -0.15) is 5.10 Å². The number of aromatic nitrogens is 3. The highest BCUT2D eigenvalue weighted by Gasteiger charge is 2.22. The van der Waals surface area contributed by atoms with Gasteiger partial charge in [-0.05, 0) is 43.3 Å². The summed E-state index contributed by atoms with van der Waals surface area (Å²) in [7, 11) is 0. The summed E-state index contributed by atoms with van der Waals surface area (Å²) in [6, 6.07) is 13.6. The zero-order valence-electron chi connectivity index (χ0n) is 15.8. The third-order valence-corrected chi connectivity index (χ3v) is 4.71. The lowest BCUT2D eigenvalue weighted by molar-refractivity contribution is 0.102.